The quantitative estimate of drug-likeness (QED) is 0.495. The molecule has 4 heterocycles. The minimum Gasteiger partial charge on any atom is -0.465 e. The van der Waals surface area contributed by atoms with E-state index in [1.165, 1.54) is 4.90 Å². The molecular weight excluding hydrogens is 436 g/mol. The highest BCUT2D eigenvalue weighted by Crippen LogP contribution is 2.54. The summed E-state index contributed by atoms with van der Waals surface area (Å²) in [5.74, 6) is -2.79. The Bertz CT molecular complexity index is 892. The first-order valence-electron chi connectivity index (χ1n) is 12.5. The van der Waals surface area contributed by atoms with Crippen molar-refractivity contribution in [2.24, 2.45) is 17.8 Å². The van der Waals surface area contributed by atoms with Gasteiger partial charge in [0.1, 0.15) is 17.6 Å². The van der Waals surface area contributed by atoms with Gasteiger partial charge in [0.05, 0.1) is 31.3 Å². The van der Waals surface area contributed by atoms with Crippen molar-refractivity contribution in [1.82, 2.24) is 9.80 Å². The van der Waals surface area contributed by atoms with Gasteiger partial charge in [0.15, 0.2) is 0 Å². The largest absolute Gasteiger partial charge is 0.465 e. The molecular formula is C26H38N2O6. The van der Waals surface area contributed by atoms with E-state index in [9.17, 15) is 19.5 Å². The maximum Gasteiger partial charge on any atom is 0.312 e. The van der Waals surface area contributed by atoms with Crippen LogP contribution in [0.2, 0.25) is 0 Å². The number of rotatable bonds is 4. The maximum atomic E-state index is 14.2. The number of carbonyl (C=O) groups is 3. The van der Waals surface area contributed by atoms with Gasteiger partial charge < -0.3 is 24.4 Å². The highest BCUT2D eigenvalue weighted by Gasteiger charge is 2.73. The molecule has 0 aliphatic carbocycles. The zero-order valence-electron chi connectivity index (χ0n) is 20.9. The molecule has 34 heavy (non-hydrogen) atoms. The van der Waals surface area contributed by atoms with E-state index in [0.29, 0.717) is 13.0 Å². The van der Waals surface area contributed by atoms with Crippen molar-refractivity contribution >= 4 is 17.8 Å². The Morgan fingerprint density at radius 1 is 1.21 bits per heavy atom. The smallest absolute Gasteiger partial charge is 0.312 e. The molecule has 8 heteroatoms. The summed E-state index contributed by atoms with van der Waals surface area (Å²) in [6.07, 6.45) is 9.05. The Morgan fingerprint density at radius 2 is 1.94 bits per heavy atom. The lowest BCUT2D eigenvalue weighted by atomic mass is 9.78. The van der Waals surface area contributed by atoms with Gasteiger partial charge in [0.2, 0.25) is 11.8 Å². The molecule has 0 radical (unpaired) electrons. The zero-order valence-corrected chi connectivity index (χ0v) is 20.9. The van der Waals surface area contributed by atoms with Crippen LogP contribution >= 0.6 is 0 Å². The highest BCUT2D eigenvalue weighted by molar-refractivity contribution is 5.99. The number of fused-ring (bicyclic) bond motifs is 2. The molecule has 188 valence electrons. The molecule has 1 spiro atoms. The Labute approximate surface area is 201 Å². The Morgan fingerprint density at radius 3 is 2.59 bits per heavy atom. The molecule has 0 bridgehead atoms. The van der Waals surface area contributed by atoms with E-state index in [0.717, 1.165) is 12.8 Å². The first kappa shape index (κ1) is 24.9. The zero-order chi connectivity index (χ0) is 24.8. The fraction of sp³-hybridized carbons (Fsp3) is 0.731. The second-order valence-corrected chi connectivity index (χ2v) is 11.0. The van der Waals surface area contributed by atoms with Crippen molar-refractivity contribution in [1.29, 1.82) is 0 Å². The standard InChI is InChI=1S/C26H38N2O6/c1-6-16(2)17(15-29)28-21-23(31)27(25(3,4)5)13-10-12-26(21)20(22(28)30)19-18(34-26)11-8-7-9-14-33-24(19)32/h8,10-12,16-21,29H,6-7,9,13-15H2,1-5H3/b11-8-/t16-,17-,18-,19+,20-,21?,26-/m0/s1. The molecule has 2 saturated heterocycles. The van der Waals surface area contributed by atoms with Crippen LogP contribution in [-0.2, 0) is 23.9 Å². The predicted octanol–water partition coefficient (Wildman–Crippen LogP) is 2.06. The van der Waals surface area contributed by atoms with Gasteiger partial charge in [0, 0.05) is 12.1 Å². The summed E-state index contributed by atoms with van der Waals surface area (Å²) in [7, 11) is 0. The number of hydrogen-bond donors (Lipinski definition) is 1. The summed E-state index contributed by atoms with van der Waals surface area (Å²) in [5.41, 5.74) is -1.78. The van der Waals surface area contributed by atoms with E-state index in [4.69, 9.17) is 9.47 Å². The van der Waals surface area contributed by atoms with Crippen molar-refractivity contribution in [3.63, 3.8) is 0 Å². The van der Waals surface area contributed by atoms with Crippen molar-refractivity contribution < 1.29 is 29.0 Å². The van der Waals surface area contributed by atoms with Gasteiger partial charge in [-0.25, -0.2) is 0 Å². The normalized spacial score (nSPS) is 36.5. The number of cyclic esters (lactones) is 1. The second-order valence-electron chi connectivity index (χ2n) is 11.0. The minimum absolute atomic E-state index is 0.0453. The van der Waals surface area contributed by atoms with Crippen LogP contribution in [0, 0.1) is 17.8 Å². The van der Waals surface area contributed by atoms with Crippen molar-refractivity contribution in [2.75, 3.05) is 19.8 Å². The van der Waals surface area contributed by atoms with E-state index in [1.54, 1.807) is 4.90 Å². The summed E-state index contributed by atoms with van der Waals surface area (Å²) in [6.45, 7) is 10.2. The summed E-state index contributed by atoms with van der Waals surface area (Å²) in [4.78, 5) is 44.8. The van der Waals surface area contributed by atoms with E-state index < -0.39 is 47.1 Å². The number of allylic oxidation sites excluding steroid dienone is 1. The molecule has 0 aromatic carbocycles. The number of nitrogens with zero attached hydrogens (tertiary/aromatic N) is 2. The van der Waals surface area contributed by atoms with Crippen molar-refractivity contribution in [3.8, 4) is 0 Å². The van der Waals surface area contributed by atoms with E-state index >= 15 is 0 Å². The molecule has 4 rings (SSSR count). The van der Waals surface area contributed by atoms with Gasteiger partial charge >= 0.3 is 5.97 Å². The Balaban J connectivity index is 1.89. The molecule has 4 aliphatic rings. The average molecular weight is 475 g/mol. The Hall–Kier alpha value is -2.19. The third-order valence-corrected chi connectivity index (χ3v) is 7.94. The molecule has 0 aromatic heterocycles. The van der Waals surface area contributed by atoms with Crippen LogP contribution < -0.4 is 0 Å². The lowest BCUT2D eigenvalue weighted by molar-refractivity contribution is -0.158. The number of ether oxygens (including phenoxy) is 2. The lowest BCUT2D eigenvalue weighted by Crippen LogP contribution is -2.61. The van der Waals surface area contributed by atoms with Gasteiger partial charge in [0.25, 0.3) is 0 Å². The first-order valence-corrected chi connectivity index (χ1v) is 12.5. The topological polar surface area (TPSA) is 96.4 Å². The molecule has 2 fully saturated rings. The summed E-state index contributed by atoms with van der Waals surface area (Å²) in [5, 5.41) is 10.4. The fourth-order valence-electron chi connectivity index (χ4n) is 5.97. The van der Waals surface area contributed by atoms with Crippen molar-refractivity contribution in [2.45, 2.75) is 83.2 Å². The molecule has 0 saturated carbocycles. The maximum absolute atomic E-state index is 14.2. The number of carbonyl (C=O) groups excluding carboxylic acids is 3. The summed E-state index contributed by atoms with van der Waals surface area (Å²) < 4.78 is 12.1. The number of hydrogen-bond acceptors (Lipinski definition) is 6. The van der Waals surface area contributed by atoms with Gasteiger partial charge in [-0.05, 0) is 39.5 Å². The van der Waals surface area contributed by atoms with Gasteiger partial charge in [-0.3, -0.25) is 14.4 Å². The van der Waals surface area contributed by atoms with Crippen LogP contribution in [0.1, 0.15) is 53.9 Å². The van der Waals surface area contributed by atoms with Crippen LogP contribution in [0.25, 0.3) is 0 Å². The Kier molecular flexibility index (Phi) is 6.68. The fourth-order valence-corrected chi connectivity index (χ4v) is 5.97. The molecule has 4 aliphatic heterocycles. The predicted molar refractivity (Wildman–Crippen MR) is 125 cm³/mol. The molecule has 8 nitrogen and oxygen atoms in total. The number of esters is 1. The summed E-state index contributed by atoms with van der Waals surface area (Å²) >= 11 is 0. The number of likely N-dealkylation sites (tertiary alicyclic amines) is 1. The first-order chi connectivity index (χ1) is 16.1. The van der Waals surface area contributed by atoms with Gasteiger partial charge in [-0.2, -0.15) is 0 Å². The third kappa shape index (κ3) is 3.79. The number of amides is 2. The SMILES string of the molecule is CC[C@H](C)[C@H](CO)N1C(=O)[C@@H]2[C@@H]3C(=O)OCCC/C=C\[C@@H]3O[C@@]23C=CCN(C(C)(C)C)C(=O)C13. The van der Waals surface area contributed by atoms with E-state index in [1.807, 2.05) is 58.9 Å². The third-order valence-electron chi connectivity index (χ3n) is 7.94. The monoisotopic (exact) mass is 474 g/mol. The van der Waals surface area contributed by atoms with Gasteiger partial charge in [-0.15, -0.1) is 0 Å². The molecule has 7 atom stereocenters. The molecule has 2 amide bonds. The van der Waals surface area contributed by atoms with Crippen LogP contribution in [0.15, 0.2) is 24.3 Å². The van der Waals surface area contributed by atoms with E-state index in [-0.39, 0.29) is 30.9 Å². The van der Waals surface area contributed by atoms with Crippen molar-refractivity contribution in [3.05, 3.63) is 24.3 Å². The van der Waals surface area contributed by atoms with Crippen LogP contribution in [-0.4, -0.2) is 81.8 Å². The molecule has 0 aromatic rings. The van der Waals surface area contributed by atoms with E-state index in [2.05, 4.69) is 0 Å². The van der Waals surface area contributed by atoms with Crippen LogP contribution in [0.4, 0.5) is 0 Å². The lowest BCUT2D eigenvalue weighted by Gasteiger charge is -2.43. The molecule has 1 unspecified atom stereocenters. The number of aliphatic hydroxyl groups is 1. The van der Waals surface area contributed by atoms with Gasteiger partial charge in [-0.1, -0.05) is 44.6 Å². The molecule has 1 N–H and O–H groups in total. The minimum atomic E-state index is -1.30. The highest BCUT2D eigenvalue weighted by atomic mass is 16.6. The summed E-state index contributed by atoms with van der Waals surface area (Å²) in [6, 6.07) is -1.53. The van der Waals surface area contributed by atoms with Crippen LogP contribution in [0.5, 0.6) is 0 Å². The number of aliphatic hydroxyl groups excluding tert-OH is 1. The second kappa shape index (κ2) is 9.11. The van der Waals surface area contributed by atoms with Crippen LogP contribution in [0.3, 0.4) is 0 Å². The average Bonchev–Trinajstić information content (AvgIpc) is 3.18.